The summed E-state index contributed by atoms with van der Waals surface area (Å²) in [7, 11) is 0. The highest BCUT2D eigenvalue weighted by Crippen LogP contribution is 2.20. The molecule has 0 spiro atoms. The van der Waals surface area contributed by atoms with Crippen LogP contribution < -0.4 is 11.1 Å². The number of nitrogens with one attached hydrogen (secondary N) is 1. The van der Waals surface area contributed by atoms with Gasteiger partial charge in [0.25, 0.3) is 0 Å². The Balaban J connectivity index is 2.89. The number of hydrogen-bond acceptors (Lipinski definition) is 2. The smallest absolute Gasteiger partial charge is 0.146 e. The summed E-state index contributed by atoms with van der Waals surface area (Å²) in [6.07, 6.45) is 0.953. The first-order chi connectivity index (χ1) is 7.95. The normalized spacial score (nSPS) is 12.5. The van der Waals surface area contributed by atoms with Crippen molar-refractivity contribution in [2.75, 3.05) is 5.32 Å². The van der Waals surface area contributed by atoms with Gasteiger partial charge in [-0.25, -0.2) is 4.39 Å². The highest BCUT2D eigenvalue weighted by molar-refractivity contribution is 7.80. The van der Waals surface area contributed by atoms with E-state index in [1.54, 1.807) is 12.1 Å². The van der Waals surface area contributed by atoms with Crippen LogP contribution in [0.4, 0.5) is 10.1 Å². The summed E-state index contributed by atoms with van der Waals surface area (Å²) in [5, 5.41) is 3.20. The van der Waals surface area contributed by atoms with E-state index >= 15 is 0 Å². The van der Waals surface area contributed by atoms with Crippen molar-refractivity contribution in [1.29, 1.82) is 0 Å². The van der Waals surface area contributed by atoms with E-state index in [0.717, 1.165) is 6.42 Å². The third-order valence-electron chi connectivity index (χ3n) is 2.84. The molecule has 3 N–H and O–H groups in total. The lowest BCUT2D eigenvalue weighted by molar-refractivity contribution is 0.507. The van der Waals surface area contributed by atoms with Gasteiger partial charge in [0, 0.05) is 11.6 Å². The Labute approximate surface area is 107 Å². The fourth-order valence-corrected chi connectivity index (χ4v) is 1.85. The Morgan fingerprint density at radius 2 is 2.12 bits per heavy atom. The van der Waals surface area contributed by atoms with Crippen LogP contribution in [-0.4, -0.2) is 11.0 Å². The van der Waals surface area contributed by atoms with Crippen LogP contribution >= 0.6 is 12.2 Å². The van der Waals surface area contributed by atoms with E-state index in [1.807, 2.05) is 0 Å². The fourth-order valence-electron chi connectivity index (χ4n) is 1.73. The van der Waals surface area contributed by atoms with Gasteiger partial charge in [0.05, 0.1) is 5.69 Å². The molecule has 4 heteroatoms. The van der Waals surface area contributed by atoms with Gasteiger partial charge in [0.15, 0.2) is 0 Å². The zero-order valence-corrected chi connectivity index (χ0v) is 11.3. The molecule has 0 aromatic heterocycles. The molecule has 0 saturated carbocycles. The molecule has 0 aliphatic rings. The summed E-state index contributed by atoms with van der Waals surface area (Å²) < 4.78 is 13.8. The van der Waals surface area contributed by atoms with Crippen LogP contribution in [0.5, 0.6) is 0 Å². The number of nitrogens with two attached hydrogens (primary N) is 1. The molecule has 0 bridgehead atoms. The van der Waals surface area contributed by atoms with Crippen molar-refractivity contribution in [2.45, 2.75) is 33.2 Å². The standard InChI is InChI=1S/C13H19FN2S/c1-4-11(8(2)3)16-12-6-5-9(13(15)17)7-10(12)14/h5-8,11,16H,4H2,1-3H3,(H2,15,17). The van der Waals surface area contributed by atoms with E-state index in [1.165, 1.54) is 6.07 Å². The number of anilines is 1. The van der Waals surface area contributed by atoms with Gasteiger partial charge in [-0.2, -0.15) is 0 Å². The van der Waals surface area contributed by atoms with Gasteiger partial charge in [-0.1, -0.05) is 33.0 Å². The molecule has 0 saturated heterocycles. The Kier molecular flexibility index (Phi) is 4.87. The molecular formula is C13H19FN2S. The average molecular weight is 254 g/mol. The molecule has 1 rings (SSSR count). The van der Waals surface area contributed by atoms with Gasteiger partial charge in [-0.05, 0) is 30.5 Å². The predicted molar refractivity (Wildman–Crippen MR) is 74.8 cm³/mol. The summed E-state index contributed by atoms with van der Waals surface area (Å²) in [6.45, 7) is 6.31. The zero-order valence-electron chi connectivity index (χ0n) is 10.5. The molecule has 0 aliphatic carbocycles. The molecule has 0 amide bonds. The van der Waals surface area contributed by atoms with E-state index in [9.17, 15) is 4.39 Å². The highest BCUT2D eigenvalue weighted by Gasteiger charge is 2.13. The van der Waals surface area contributed by atoms with Crippen LogP contribution in [-0.2, 0) is 0 Å². The molecule has 94 valence electrons. The second-order valence-electron chi connectivity index (χ2n) is 4.46. The van der Waals surface area contributed by atoms with Crippen molar-refractivity contribution in [2.24, 2.45) is 11.7 Å². The lowest BCUT2D eigenvalue weighted by Gasteiger charge is -2.22. The molecule has 0 heterocycles. The lowest BCUT2D eigenvalue weighted by atomic mass is 10.0. The maximum absolute atomic E-state index is 13.8. The van der Waals surface area contributed by atoms with Crippen molar-refractivity contribution >= 4 is 22.9 Å². The second kappa shape index (κ2) is 5.96. The summed E-state index contributed by atoms with van der Waals surface area (Å²) >= 11 is 4.81. The van der Waals surface area contributed by atoms with Crippen LogP contribution in [0.1, 0.15) is 32.8 Å². The molecule has 1 aromatic carbocycles. The van der Waals surface area contributed by atoms with Gasteiger partial charge >= 0.3 is 0 Å². The van der Waals surface area contributed by atoms with Crippen molar-refractivity contribution in [3.05, 3.63) is 29.6 Å². The lowest BCUT2D eigenvalue weighted by Crippen LogP contribution is -2.25. The topological polar surface area (TPSA) is 38.0 Å². The first-order valence-corrected chi connectivity index (χ1v) is 6.22. The van der Waals surface area contributed by atoms with Crippen LogP contribution in [0.15, 0.2) is 18.2 Å². The molecule has 17 heavy (non-hydrogen) atoms. The van der Waals surface area contributed by atoms with Gasteiger partial charge in [-0.3, -0.25) is 0 Å². The molecule has 0 radical (unpaired) electrons. The van der Waals surface area contributed by atoms with E-state index < -0.39 is 0 Å². The molecule has 1 aromatic rings. The number of rotatable bonds is 5. The monoisotopic (exact) mass is 254 g/mol. The summed E-state index contributed by atoms with van der Waals surface area (Å²) in [5.74, 6) is 0.143. The van der Waals surface area contributed by atoms with Crippen molar-refractivity contribution < 1.29 is 4.39 Å². The van der Waals surface area contributed by atoms with E-state index in [-0.39, 0.29) is 16.8 Å². The van der Waals surface area contributed by atoms with E-state index in [4.69, 9.17) is 18.0 Å². The van der Waals surface area contributed by atoms with Gasteiger partial charge < -0.3 is 11.1 Å². The first kappa shape index (κ1) is 13.9. The van der Waals surface area contributed by atoms with Crippen LogP contribution in [0.2, 0.25) is 0 Å². The van der Waals surface area contributed by atoms with E-state index in [2.05, 4.69) is 26.1 Å². The number of hydrogen-bond donors (Lipinski definition) is 2. The highest BCUT2D eigenvalue weighted by atomic mass is 32.1. The number of thiocarbonyl (C=S) groups is 1. The maximum atomic E-state index is 13.8. The summed E-state index contributed by atoms with van der Waals surface area (Å²) in [5.41, 5.74) is 6.51. The number of benzene rings is 1. The molecular weight excluding hydrogens is 235 g/mol. The Bertz CT molecular complexity index is 404. The van der Waals surface area contributed by atoms with Crippen LogP contribution in [0, 0.1) is 11.7 Å². The predicted octanol–water partition coefficient (Wildman–Crippen LogP) is 3.31. The maximum Gasteiger partial charge on any atom is 0.146 e. The summed E-state index contributed by atoms with van der Waals surface area (Å²) in [6, 6.07) is 5.06. The van der Waals surface area contributed by atoms with Gasteiger partial charge in [-0.15, -0.1) is 0 Å². The van der Waals surface area contributed by atoms with Crippen LogP contribution in [0.3, 0.4) is 0 Å². The quantitative estimate of drug-likeness (QED) is 0.792. The zero-order chi connectivity index (χ0) is 13.0. The molecule has 2 nitrogen and oxygen atoms in total. The average Bonchev–Trinajstić information content (AvgIpc) is 2.26. The van der Waals surface area contributed by atoms with Crippen molar-refractivity contribution in [1.82, 2.24) is 0 Å². The van der Waals surface area contributed by atoms with Crippen LogP contribution in [0.25, 0.3) is 0 Å². The minimum atomic E-state index is -0.311. The molecule has 0 aliphatic heterocycles. The minimum absolute atomic E-state index is 0.214. The van der Waals surface area contributed by atoms with Gasteiger partial charge in [0.1, 0.15) is 10.8 Å². The Morgan fingerprint density at radius 1 is 1.47 bits per heavy atom. The van der Waals surface area contributed by atoms with Crippen molar-refractivity contribution in [3.63, 3.8) is 0 Å². The Hall–Kier alpha value is -1.16. The summed E-state index contributed by atoms with van der Waals surface area (Å²) in [4.78, 5) is 0.214. The SMILES string of the molecule is CCC(Nc1ccc(C(N)=S)cc1F)C(C)C. The Morgan fingerprint density at radius 3 is 2.53 bits per heavy atom. The minimum Gasteiger partial charge on any atom is -0.389 e. The van der Waals surface area contributed by atoms with E-state index in [0.29, 0.717) is 17.2 Å². The fraction of sp³-hybridized carbons (Fsp3) is 0.462. The molecule has 0 fully saturated rings. The first-order valence-electron chi connectivity index (χ1n) is 5.81. The van der Waals surface area contributed by atoms with Gasteiger partial charge in [0.2, 0.25) is 0 Å². The molecule has 1 atom stereocenters. The number of halogens is 1. The van der Waals surface area contributed by atoms with Crippen molar-refractivity contribution in [3.8, 4) is 0 Å². The second-order valence-corrected chi connectivity index (χ2v) is 4.90. The molecule has 1 unspecified atom stereocenters. The third kappa shape index (κ3) is 3.66. The third-order valence-corrected chi connectivity index (χ3v) is 3.07. The largest absolute Gasteiger partial charge is 0.389 e.